The highest BCUT2D eigenvalue weighted by molar-refractivity contribution is 7.15. The molecule has 1 amide bonds. The number of carbonyl (C=O) groups is 1. The van der Waals surface area contributed by atoms with Crippen molar-refractivity contribution in [3.05, 3.63) is 5.01 Å². The quantitative estimate of drug-likeness (QED) is 0.785. The Kier molecular flexibility index (Phi) is 4.64. The van der Waals surface area contributed by atoms with Gasteiger partial charge in [-0.25, -0.2) is 0 Å². The summed E-state index contributed by atoms with van der Waals surface area (Å²) >= 11 is 1.42. The second kappa shape index (κ2) is 5.77. The largest absolute Gasteiger partial charge is 0.319 e. The average molecular weight is 228 g/mol. The standard InChI is InChI=1S/C9H16N4OS/c1-4-7-12-13-9(15-7)11-8(14)6(2)5-10-3/h6,10H,4-5H2,1-3H3,(H,11,13,14). The monoisotopic (exact) mass is 228 g/mol. The van der Waals surface area contributed by atoms with Gasteiger partial charge in [0.15, 0.2) is 0 Å². The normalized spacial score (nSPS) is 12.5. The van der Waals surface area contributed by atoms with Crippen LogP contribution < -0.4 is 10.6 Å². The Labute approximate surface area is 93.3 Å². The molecule has 0 saturated heterocycles. The third-order valence-corrected chi connectivity index (χ3v) is 2.94. The Morgan fingerprint density at radius 3 is 2.80 bits per heavy atom. The lowest BCUT2D eigenvalue weighted by molar-refractivity contribution is -0.119. The molecule has 0 aliphatic heterocycles. The highest BCUT2D eigenvalue weighted by Gasteiger charge is 2.13. The number of rotatable bonds is 5. The molecule has 0 aliphatic carbocycles. The number of carbonyl (C=O) groups excluding carboxylic acids is 1. The van der Waals surface area contributed by atoms with Gasteiger partial charge in [-0.3, -0.25) is 4.79 Å². The van der Waals surface area contributed by atoms with Crippen LogP contribution >= 0.6 is 11.3 Å². The van der Waals surface area contributed by atoms with Gasteiger partial charge in [-0.05, 0) is 13.5 Å². The first-order valence-electron chi connectivity index (χ1n) is 4.95. The van der Waals surface area contributed by atoms with E-state index >= 15 is 0 Å². The molecule has 1 atom stereocenters. The molecule has 0 fully saturated rings. The van der Waals surface area contributed by atoms with Crippen molar-refractivity contribution in [2.75, 3.05) is 18.9 Å². The molecule has 84 valence electrons. The Morgan fingerprint density at radius 1 is 1.53 bits per heavy atom. The molecule has 1 aromatic rings. The van der Waals surface area contributed by atoms with Crippen molar-refractivity contribution in [3.63, 3.8) is 0 Å². The molecule has 0 aromatic carbocycles. The van der Waals surface area contributed by atoms with Crippen LogP contribution in [0.15, 0.2) is 0 Å². The molecule has 5 nitrogen and oxygen atoms in total. The lowest BCUT2D eigenvalue weighted by Gasteiger charge is -2.08. The summed E-state index contributed by atoms with van der Waals surface area (Å²) in [7, 11) is 1.82. The Hall–Kier alpha value is -1.01. The number of aryl methyl sites for hydroxylation is 1. The minimum atomic E-state index is -0.0658. The van der Waals surface area contributed by atoms with E-state index in [1.165, 1.54) is 11.3 Å². The predicted octanol–water partition coefficient (Wildman–Crippen LogP) is 0.894. The number of nitrogens with one attached hydrogen (secondary N) is 2. The van der Waals surface area contributed by atoms with Crippen molar-refractivity contribution in [2.45, 2.75) is 20.3 Å². The van der Waals surface area contributed by atoms with Gasteiger partial charge in [0.1, 0.15) is 5.01 Å². The van der Waals surface area contributed by atoms with Gasteiger partial charge in [0.05, 0.1) is 0 Å². The molecule has 1 heterocycles. The maximum absolute atomic E-state index is 11.6. The van der Waals surface area contributed by atoms with Gasteiger partial charge in [0.25, 0.3) is 0 Å². The van der Waals surface area contributed by atoms with E-state index in [-0.39, 0.29) is 11.8 Å². The molecule has 0 bridgehead atoms. The molecule has 0 radical (unpaired) electrons. The van der Waals surface area contributed by atoms with Crippen molar-refractivity contribution < 1.29 is 4.79 Å². The van der Waals surface area contributed by atoms with Crippen LogP contribution in [0.25, 0.3) is 0 Å². The number of aromatic nitrogens is 2. The molecular weight excluding hydrogens is 212 g/mol. The fraction of sp³-hybridized carbons (Fsp3) is 0.667. The van der Waals surface area contributed by atoms with E-state index in [1.54, 1.807) is 0 Å². The van der Waals surface area contributed by atoms with Crippen LogP contribution in [-0.4, -0.2) is 29.7 Å². The summed E-state index contributed by atoms with van der Waals surface area (Å²) < 4.78 is 0. The van der Waals surface area contributed by atoms with Crippen LogP contribution in [0.2, 0.25) is 0 Å². The third-order valence-electron chi connectivity index (χ3n) is 1.96. The number of nitrogens with zero attached hydrogens (tertiary/aromatic N) is 2. The van der Waals surface area contributed by atoms with Gasteiger partial charge in [-0.2, -0.15) is 0 Å². The van der Waals surface area contributed by atoms with E-state index in [0.717, 1.165) is 11.4 Å². The van der Waals surface area contributed by atoms with E-state index in [4.69, 9.17) is 0 Å². The zero-order chi connectivity index (χ0) is 11.3. The van der Waals surface area contributed by atoms with Gasteiger partial charge in [-0.1, -0.05) is 25.2 Å². The molecule has 0 saturated carbocycles. The van der Waals surface area contributed by atoms with Crippen LogP contribution in [0.1, 0.15) is 18.9 Å². The number of amides is 1. The van der Waals surface area contributed by atoms with E-state index in [2.05, 4.69) is 20.8 Å². The first-order chi connectivity index (χ1) is 7.17. The summed E-state index contributed by atoms with van der Waals surface area (Å²) in [5.74, 6) is -0.0906. The summed E-state index contributed by atoms with van der Waals surface area (Å²) in [6.07, 6.45) is 0.847. The topological polar surface area (TPSA) is 66.9 Å². The van der Waals surface area contributed by atoms with Gasteiger partial charge in [0.2, 0.25) is 11.0 Å². The van der Waals surface area contributed by atoms with Crippen LogP contribution in [0.3, 0.4) is 0 Å². The molecule has 1 rings (SSSR count). The van der Waals surface area contributed by atoms with Crippen LogP contribution in [0.5, 0.6) is 0 Å². The second-order valence-corrected chi connectivity index (χ2v) is 4.36. The predicted molar refractivity (Wildman–Crippen MR) is 61.0 cm³/mol. The van der Waals surface area contributed by atoms with Crippen LogP contribution in [0, 0.1) is 5.92 Å². The summed E-state index contributed by atoms with van der Waals surface area (Å²) in [5.41, 5.74) is 0. The number of hydrogen-bond acceptors (Lipinski definition) is 5. The first kappa shape index (κ1) is 12.1. The van der Waals surface area contributed by atoms with Crippen LogP contribution in [0.4, 0.5) is 5.13 Å². The van der Waals surface area contributed by atoms with E-state index in [0.29, 0.717) is 11.7 Å². The van der Waals surface area contributed by atoms with Gasteiger partial charge < -0.3 is 10.6 Å². The molecule has 1 unspecified atom stereocenters. The lowest BCUT2D eigenvalue weighted by atomic mass is 10.2. The maximum Gasteiger partial charge on any atom is 0.230 e. The summed E-state index contributed by atoms with van der Waals surface area (Å²) in [5, 5.41) is 15.0. The fourth-order valence-corrected chi connectivity index (χ4v) is 1.76. The summed E-state index contributed by atoms with van der Waals surface area (Å²) in [6.45, 7) is 4.54. The Morgan fingerprint density at radius 2 is 2.27 bits per heavy atom. The molecule has 2 N–H and O–H groups in total. The maximum atomic E-state index is 11.6. The lowest BCUT2D eigenvalue weighted by Crippen LogP contribution is -2.28. The molecule has 15 heavy (non-hydrogen) atoms. The summed E-state index contributed by atoms with van der Waals surface area (Å²) in [6, 6.07) is 0. The highest BCUT2D eigenvalue weighted by Crippen LogP contribution is 2.15. The zero-order valence-corrected chi connectivity index (χ0v) is 10.0. The average Bonchev–Trinajstić information content (AvgIpc) is 2.66. The third kappa shape index (κ3) is 3.56. The van der Waals surface area contributed by atoms with Gasteiger partial charge in [0, 0.05) is 12.5 Å². The van der Waals surface area contributed by atoms with Crippen molar-refractivity contribution in [1.29, 1.82) is 0 Å². The van der Waals surface area contributed by atoms with Gasteiger partial charge in [-0.15, -0.1) is 10.2 Å². The van der Waals surface area contributed by atoms with Crippen molar-refractivity contribution in [1.82, 2.24) is 15.5 Å². The number of anilines is 1. The van der Waals surface area contributed by atoms with Crippen LogP contribution in [-0.2, 0) is 11.2 Å². The van der Waals surface area contributed by atoms with Crippen molar-refractivity contribution >= 4 is 22.4 Å². The van der Waals surface area contributed by atoms with Gasteiger partial charge >= 0.3 is 0 Å². The highest BCUT2D eigenvalue weighted by atomic mass is 32.1. The molecular formula is C9H16N4OS. The smallest absolute Gasteiger partial charge is 0.230 e. The second-order valence-electron chi connectivity index (χ2n) is 3.30. The van der Waals surface area contributed by atoms with E-state index < -0.39 is 0 Å². The van der Waals surface area contributed by atoms with E-state index in [9.17, 15) is 4.79 Å². The molecule has 6 heteroatoms. The van der Waals surface area contributed by atoms with Crippen molar-refractivity contribution in [3.8, 4) is 0 Å². The molecule has 0 spiro atoms. The summed E-state index contributed by atoms with van der Waals surface area (Å²) in [4.78, 5) is 11.6. The Bertz CT molecular complexity index is 326. The molecule has 0 aliphatic rings. The van der Waals surface area contributed by atoms with E-state index in [1.807, 2.05) is 20.9 Å². The first-order valence-corrected chi connectivity index (χ1v) is 5.76. The molecule has 1 aromatic heterocycles. The zero-order valence-electron chi connectivity index (χ0n) is 9.20. The number of hydrogen-bond donors (Lipinski definition) is 2. The minimum Gasteiger partial charge on any atom is -0.319 e. The minimum absolute atomic E-state index is 0.0249. The Balaban J connectivity index is 2.50. The fourth-order valence-electron chi connectivity index (χ4n) is 1.07. The van der Waals surface area contributed by atoms with Crippen molar-refractivity contribution in [2.24, 2.45) is 5.92 Å². The SMILES string of the molecule is CCc1nnc(NC(=O)C(C)CNC)s1.